The van der Waals surface area contributed by atoms with Crippen molar-refractivity contribution in [1.82, 2.24) is 9.80 Å². The number of piperazine rings is 1. The molecule has 1 aliphatic heterocycles. The van der Waals surface area contributed by atoms with Crippen LogP contribution >= 0.6 is 0 Å². The third-order valence-electron chi connectivity index (χ3n) is 4.92. The van der Waals surface area contributed by atoms with Gasteiger partial charge in [-0.3, -0.25) is 14.5 Å². The van der Waals surface area contributed by atoms with Crippen molar-refractivity contribution in [3.63, 3.8) is 0 Å². The van der Waals surface area contributed by atoms with E-state index in [1.165, 1.54) is 0 Å². The van der Waals surface area contributed by atoms with Gasteiger partial charge in [-0.15, -0.1) is 0 Å². The Balaban J connectivity index is 2.12. The molecule has 0 saturated carbocycles. The maximum Gasteiger partial charge on any atom is 0.254 e. The van der Waals surface area contributed by atoms with Crippen LogP contribution in [-0.4, -0.2) is 53.2 Å². The van der Waals surface area contributed by atoms with Gasteiger partial charge in [0.1, 0.15) is 0 Å². The number of nitrogens with zero attached hydrogens (tertiary/aromatic N) is 2. The summed E-state index contributed by atoms with van der Waals surface area (Å²) in [5.74, 6) is 0.175. The zero-order chi connectivity index (χ0) is 19.0. The first kappa shape index (κ1) is 19.6. The van der Waals surface area contributed by atoms with Crippen LogP contribution in [0.4, 0.5) is 0 Å². The fourth-order valence-electron chi connectivity index (χ4n) is 3.23. The Kier molecular flexibility index (Phi) is 5.43. The van der Waals surface area contributed by atoms with Crippen LogP contribution < -0.4 is 0 Å². The number of hydrogen-bond acceptors (Lipinski definition) is 3. The van der Waals surface area contributed by atoms with Crippen molar-refractivity contribution in [2.75, 3.05) is 26.2 Å². The average Bonchev–Trinajstić information content (AvgIpc) is 2.52. The van der Waals surface area contributed by atoms with E-state index in [0.717, 1.165) is 31.7 Å². The Bertz CT molecular complexity index is 657. The first-order valence-corrected chi connectivity index (χ1v) is 9.11. The monoisotopic (exact) mass is 344 g/mol. The molecule has 4 nitrogen and oxygen atoms in total. The number of Topliss-reactive ketones (excluding diaryl/α,β-unsaturated/α-hetero) is 1. The molecule has 0 aromatic heterocycles. The number of rotatable bonds is 2. The van der Waals surface area contributed by atoms with Crippen LogP contribution in [0.15, 0.2) is 18.2 Å². The molecule has 1 amide bonds. The fourth-order valence-corrected chi connectivity index (χ4v) is 3.23. The molecule has 4 heteroatoms. The van der Waals surface area contributed by atoms with E-state index in [1.54, 1.807) is 6.07 Å². The zero-order valence-corrected chi connectivity index (χ0v) is 16.8. The third kappa shape index (κ3) is 4.49. The molecule has 1 aromatic rings. The summed E-state index contributed by atoms with van der Waals surface area (Å²) in [7, 11) is 0. The Hall–Kier alpha value is -1.68. The molecule has 0 radical (unpaired) electrons. The number of carbonyl (C=O) groups excluding carboxylic acids is 2. The summed E-state index contributed by atoms with van der Waals surface area (Å²) in [4.78, 5) is 29.6. The van der Waals surface area contributed by atoms with Crippen molar-refractivity contribution in [3.8, 4) is 0 Å². The van der Waals surface area contributed by atoms with Gasteiger partial charge in [0.05, 0.1) is 0 Å². The number of amides is 1. The van der Waals surface area contributed by atoms with E-state index >= 15 is 0 Å². The summed E-state index contributed by atoms with van der Waals surface area (Å²) >= 11 is 0. The van der Waals surface area contributed by atoms with Crippen LogP contribution in [-0.2, 0) is 0 Å². The maximum absolute atomic E-state index is 12.9. The molecule has 1 heterocycles. The van der Waals surface area contributed by atoms with Gasteiger partial charge in [0, 0.05) is 48.3 Å². The molecule has 0 unspecified atom stereocenters. The van der Waals surface area contributed by atoms with E-state index in [0.29, 0.717) is 11.1 Å². The minimum absolute atomic E-state index is 0.0702. The van der Waals surface area contributed by atoms with Gasteiger partial charge in [0.2, 0.25) is 0 Å². The second-order valence-corrected chi connectivity index (χ2v) is 9.06. The molecule has 1 aromatic carbocycles. The van der Waals surface area contributed by atoms with E-state index in [4.69, 9.17) is 0 Å². The molecule has 0 spiro atoms. The molecular weight excluding hydrogens is 312 g/mol. The van der Waals surface area contributed by atoms with Crippen LogP contribution in [0.25, 0.3) is 0 Å². The largest absolute Gasteiger partial charge is 0.336 e. The highest BCUT2D eigenvalue weighted by Gasteiger charge is 2.29. The van der Waals surface area contributed by atoms with Crippen molar-refractivity contribution in [2.24, 2.45) is 5.41 Å². The van der Waals surface area contributed by atoms with Gasteiger partial charge in [-0.25, -0.2) is 0 Å². The van der Waals surface area contributed by atoms with Crippen molar-refractivity contribution in [3.05, 3.63) is 34.9 Å². The highest BCUT2D eigenvalue weighted by molar-refractivity contribution is 6.02. The molecule has 138 valence electrons. The Morgan fingerprint density at radius 2 is 1.48 bits per heavy atom. The number of benzene rings is 1. The lowest BCUT2D eigenvalue weighted by Crippen LogP contribution is -2.54. The molecule has 25 heavy (non-hydrogen) atoms. The Labute approximate surface area is 152 Å². The lowest BCUT2D eigenvalue weighted by molar-refractivity contribution is 0.0450. The van der Waals surface area contributed by atoms with Gasteiger partial charge in [-0.1, -0.05) is 26.8 Å². The predicted molar refractivity (Wildman–Crippen MR) is 102 cm³/mol. The highest BCUT2D eigenvalue weighted by atomic mass is 16.2. The molecule has 1 saturated heterocycles. The number of carbonyl (C=O) groups is 2. The normalized spacial score (nSPS) is 16.8. The van der Waals surface area contributed by atoms with E-state index in [1.807, 2.05) is 44.7 Å². The van der Waals surface area contributed by atoms with Gasteiger partial charge >= 0.3 is 0 Å². The minimum atomic E-state index is -0.415. The quantitative estimate of drug-likeness (QED) is 0.767. The van der Waals surface area contributed by atoms with Gasteiger partial charge < -0.3 is 4.90 Å². The lowest BCUT2D eigenvalue weighted by atomic mass is 9.85. The fraction of sp³-hybridized carbons (Fsp3) is 0.619. The number of aryl methyl sites for hydroxylation is 1. The summed E-state index contributed by atoms with van der Waals surface area (Å²) < 4.78 is 0. The van der Waals surface area contributed by atoms with Crippen LogP contribution in [0.3, 0.4) is 0 Å². The average molecular weight is 344 g/mol. The Morgan fingerprint density at radius 1 is 0.920 bits per heavy atom. The van der Waals surface area contributed by atoms with Gasteiger partial charge in [0.15, 0.2) is 5.78 Å². The molecule has 1 fully saturated rings. The van der Waals surface area contributed by atoms with E-state index in [2.05, 4.69) is 25.7 Å². The molecule has 0 bridgehead atoms. The lowest BCUT2D eigenvalue weighted by Gasteiger charge is -2.42. The summed E-state index contributed by atoms with van der Waals surface area (Å²) in [5.41, 5.74) is 1.98. The summed E-state index contributed by atoms with van der Waals surface area (Å²) in [5, 5.41) is 0. The standard InChI is InChI=1S/C21H32N2O2/c1-15-14-16(18(24)20(2,3)4)8-9-17(15)19(25)22-10-12-23(13-11-22)21(5,6)7/h8-9,14H,10-13H2,1-7H3. The van der Waals surface area contributed by atoms with Crippen LogP contribution in [0.1, 0.15) is 67.8 Å². The second kappa shape index (κ2) is 6.91. The molecule has 0 aliphatic carbocycles. The first-order chi connectivity index (χ1) is 11.4. The summed E-state index contributed by atoms with van der Waals surface area (Å²) in [6.45, 7) is 17.6. The second-order valence-electron chi connectivity index (χ2n) is 9.06. The topological polar surface area (TPSA) is 40.6 Å². The molecule has 1 aliphatic rings. The van der Waals surface area contributed by atoms with Crippen LogP contribution in [0, 0.1) is 12.3 Å². The SMILES string of the molecule is Cc1cc(C(=O)C(C)(C)C)ccc1C(=O)N1CCN(C(C)(C)C)CC1. The van der Waals surface area contributed by atoms with Gasteiger partial charge in [-0.2, -0.15) is 0 Å². The maximum atomic E-state index is 12.9. The van der Waals surface area contributed by atoms with E-state index in [9.17, 15) is 9.59 Å². The van der Waals surface area contributed by atoms with Crippen molar-refractivity contribution in [2.45, 2.75) is 54.0 Å². The number of ketones is 1. The van der Waals surface area contributed by atoms with Crippen LogP contribution in [0.2, 0.25) is 0 Å². The highest BCUT2D eigenvalue weighted by Crippen LogP contribution is 2.24. The van der Waals surface area contributed by atoms with E-state index in [-0.39, 0.29) is 17.2 Å². The smallest absolute Gasteiger partial charge is 0.254 e. The number of hydrogen-bond donors (Lipinski definition) is 0. The molecule has 0 N–H and O–H groups in total. The Morgan fingerprint density at radius 3 is 1.92 bits per heavy atom. The van der Waals surface area contributed by atoms with Crippen molar-refractivity contribution < 1.29 is 9.59 Å². The van der Waals surface area contributed by atoms with Crippen molar-refractivity contribution in [1.29, 1.82) is 0 Å². The minimum Gasteiger partial charge on any atom is -0.336 e. The molecule has 0 atom stereocenters. The molecule has 2 rings (SSSR count). The first-order valence-electron chi connectivity index (χ1n) is 9.11. The zero-order valence-electron chi connectivity index (χ0n) is 16.8. The molecular formula is C21H32N2O2. The summed E-state index contributed by atoms with van der Waals surface area (Å²) in [6, 6.07) is 5.46. The van der Waals surface area contributed by atoms with Gasteiger partial charge in [-0.05, 0) is 45.4 Å². The van der Waals surface area contributed by atoms with E-state index < -0.39 is 5.41 Å². The van der Waals surface area contributed by atoms with Crippen molar-refractivity contribution >= 4 is 11.7 Å². The third-order valence-corrected chi connectivity index (χ3v) is 4.92. The van der Waals surface area contributed by atoms with Gasteiger partial charge in [0.25, 0.3) is 5.91 Å². The summed E-state index contributed by atoms with van der Waals surface area (Å²) in [6.07, 6.45) is 0. The predicted octanol–water partition coefficient (Wildman–Crippen LogP) is 3.78. The van der Waals surface area contributed by atoms with Crippen LogP contribution in [0.5, 0.6) is 0 Å².